The Bertz CT molecular complexity index is 544. The SMILES string of the molecule is CCn1nccc1C(NC)C1Cc2ccccc21. The Morgan fingerprint density at radius 1 is 1.39 bits per heavy atom. The summed E-state index contributed by atoms with van der Waals surface area (Å²) in [6, 6.07) is 11.2. The summed E-state index contributed by atoms with van der Waals surface area (Å²) in [5.74, 6) is 0.577. The van der Waals surface area contributed by atoms with Gasteiger partial charge in [-0.1, -0.05) is 24.3 Å². The third kappa shape index (κ3) is 1.66. The lowest BCUT2D eigenvalue weighted by atomic mass is 9.72. The Kier molecular flexibility index (Phi) is 2.92. The van der Waals surface area contributed by atoms with Crippen molar-refractivity contribution in [1.82, 2.24) is 15.1 Å². The Labute approximate surface area is 108 Å². The molecule has 0 fully saturated rings. The number of hydrogen-bond donors (Lipinski definition) is 1. The van der Waals surface area contributed by atoms with E-state index in [9.17, 15) is 0 Å². The Balaban J connectivity index is 1.92. The molecule has 2 aromatic rings. The van der Waals surface area contributed by atoms with Gasteiger partial charge in [0.15, 0.2) is 0 Å². The molecule has 1 N–H and O–H groups in total. The molecule has 3 heteroatoms. The van der Waals surface area contributed by atoms with Crippen LogP contribution in [0.25, 0.3) is 0 Å². The van der Waals surface area contributed by atoms with Gasteiger partial charge in [-0.05, 0) is 37.6 Å². The van der Waals surface area contributed by atoms with Gasteiger partial charge >= 0.3 is 0 Å². The Morgan fingerprint density at radius 2 is 2.22 bits per heavy atom. The molecule has 0 radical (unpaired) electrons. The van der Waals surface area contributed by atoms with Gasteiger partial charge in [0.2, 0.25) is 0 Å². The van der Waals surface area contributed by atoms with Gasteiger partial charge in [0.05, 0.1) is 11.7 Å². The topological polar surface area (TPSA) is 29.9 Å². The van der Waals surface area contributed by atoms with Gasteiger partial charge in [-0.15, -0.1) is 0 Å². The van der Waals surface area contributed by atoms with Crippen LogP contribution in [-0.2, 0) is 13.0 Å². The minimum atomic E-state index is 0.363. The first-order valence-corrected chi connectivity index (χ1v) is 6.62. The van der Waals surface area contributed by atoms with Gasteiger partial charge in [-0.2, -0.15) is 5.10 Å². The van der Waals surface area contributed by atoms with E-state index in [-0.39, 0.29) is 0 Å². The van der Waals surface area contributed by atoms with E-state index >= 15 is 0 Å². The van der Waals surface area contributed by atoms with Crippen LogP contribution in [0, 0.1) is 0 Å². The molecule has 0 saturated heterocycles. The average Bonchev–Trinajstić information content (AvgIpc) is 2.84. The highest BCUT2D eigenvalue weighted by molar-refractivity contribution is 5.42. The third-order valence-electron chi connectivity index (χ3n) is 3.98. The lowest BCUT2D eigenvalue weighted by Gasteiger charge is -2.36. The molecule has 3 rings (SSSR count). The Hall–Kier alpha value is -1.61. The van der Waals surface area contributed by atoms with E-state index < -0.39 is 0 Å². The average molecular weight is 241 g/mol. The molecule has 1 aromatic carbocycles. The first-order chi connectivity index (χ1) is 8.85. The summed E-state index contributed by atoms with van der Waals surface area (Å²) >= 11 is 0. The fraction of sp³-hybridized carbons (Fsp3) is 0.400. The smallest absolute Gasteiger partial charge is 0.0562 e. The number of likely N-dealkylation sites (N-methyl/N-ethyl adjacent to an activating group) is 1. The number of benzene rings is 1. The number of rotatable bonds is 4. The summed E-state index contributed by atoms with van der Waals surface area (Å²) < 4.78 is 2.09. The molecule has 0 spiro atoms. The van der Waals surface area contributed by atoms with Crippen LogP contribution >= 0.6 is 0 Å². The van der Waals surface area contributed by atoms with Gasteiger partial charge in [0, 0.05) is 18.7 Å². The molecule has 1 heterocycles. The van der Waals surface area contributed by atoms with E-state index in [1.54, 1.807) is 0 Å². The molecular formula is C15H19N3. The summed E-state index contributed by atoms with van der Waals surface area (Å²) in [4.78, 5) is 0. The maximum atomic E-state index is 4.38. The van der Waals surface area contributed by atoms with Crippen molar-refractivity contribution in [2.45, 2.75) is 31.8 Å². The van der Waals surface area contributed by atoms with E-state index in [0.717, 1.165) is 13.0 Å². The highest BCUT2D eigenvalue weighted by Gasteiger charge is 2.34. The van der Waals surface area contributed by atoms with Crippen LogP contribution in [0.1, 0.15) is 35.7 Å². The molecule has 3 nitrogen and oxygen atoms in total. The zero-order valence-corrected chi connectivity index (χ0v) is 10.9. The lowest BCUT2D eigenvalue weighted by molar-refractivity contribution is 0.408. The fourth-order valence-electron chi connectivity index (χ4n) is 3.02. The van der Waals surface area contributed by atoms with Crippen molar-refractivity contribution < 1.29 is 0 Å². The molecule has 1 aliphatic carbocycles. The molecule has 2 atom stereocenters. The van der Waals surface area contributed by atoms with Crippen molar-refractivity contribution in [2.75, 3.05) is 7.05 Å². The van der Waals surface area contributed by atoms with Crippen molar-refractivity contribution in [3.63, 3.8) is 0 Å². The number of fused-ring (bicyclic) bond motifs is 1. The molecule has 18 heavy (non-hydrogen) atoms. The van der Waals surface area contributed by atoms with Crippen molar-refractivity contribution in [3.8, 4) is 0 Å². The number of nitrogens with one attached hydrogen (secondary N) is 1. The number of aryl methyl sites for hydroxylation is 1. The van der Waals surface area contributed by atoms with Gasteiger partial charge in [0.25, 0.3) is 0 Å². The minimum absolute atomic E-state index is 0.363. The first-order valence-electron chi connectivity index (χ1n) is 6.62. The van der Waals surface area contributed by atoms with E-state index in [0.29, 0.717) is 12.0 Å². The summed E-state index contributed by atoms with van der Waals surface area (Å²) in [5, 5.41) is 7.84. The van der Waals surface area contributed by atoms with Gasteiger partial charge in [-0.3, -0.25) is 4.68 Å². The van der Waals surface area contributed by atoms with Crippen LogP contribution in [-0.4, -0.2) is 16.8 Å². The quantitative estimate of drug-likeness (QED) is 0.891. The third-order valence-corrected chi connectivity index (χ3v) is 3.98. The zero-order valence-electron chi connectivity index (χ0n) is 10.9. The molecule has 0 aliphatic heterocycles. The first kappa shape index (κ1) is 11.5. The monoisotopic (exact) mass is 241 g/mol. The molecular weight excluding hydrogens is 222 g/mol. The van der Waals surface area contributed by atoms with Crippen LogP contribution in [0.15, 0.2) is 36.5 Å². The molecule has 94 valence electrons. The van der Waals surface area contributed by atoms with E-state index in [4.69, 9.17) is 0 Å². The fourth-order valence-corrected chi connectivity index (χ4v) is 3.02. The highest BCUT2D eigenvalue weighted by Crippen LogP contribution is 2.43. The van der Waals surface area contributed by atoms with Crippen LogP contribution in [0.4, 0.5) is 0 Å². The van der Waals surface area contributed by atoms with Crippen LogP contribution in [0.2, 0.25) is 0 Å². The zero-order chi connectivity index (χ0) is 12.5. The minimum Gasteiger partial charge on any atom is -0.311 e. The second-order valence-electron chi connectivity index (χ2n) is 4.85. The maximum Gasteiger partial charge on any atom is 0.0562 e. The Morgan fingerprint density at radius 3 is 2.94 bits per heavy atom. The molecule has 0 saturated carbocycles. The lowest BCUT2D eigenvalue weighted by Crippen LogP contribution is -2.32. The summed E-state index contributed by atoms with van der Waals surface area (Å²) in [6.45, 7) is 3.06. The predicted octanol–water partition coefficient (Wildman–Crippen LogP) is 2.50. The molecule has 1 aliphatic rings. The van der Waals surface area contributed by atoms with Crippen molar-refractivity contribution >= 4 is 0 Å². The summed E-state index contributed by atoms with van der Waals surface area (Å²) in [5.41, 5.74) is 4.27. The predicted molar refractivity (Wildman–Crippen MR) is 72.6 cm³/mol. The standard InChI is InChI=1S/C15H19N3/c1-3-18-14(8-9-17-18)15(16-2)13-10-11-6-4-5-7-12(11)13/h4-9,13,15-16H,3,10H2,1-2H3. The van der Waals surface area contributed by atoms with Gasteiger partial charge in [-0.25, -0.2) is 0 Å². The van der Waals surface area contributed by atoms with Crippen molar-refractivity contribution in [3.05, 3.63) is 53.3 Å². The molecule has 0 bridgehead atoms. The normalized spacial score (nSPS) is 19.1. The van der Waals surface area contributed by atoms with Gasteiger partial charge < -0.3 is 5.32 Å². The highest BCUT2D eigenvalue weighted by atomic mass is 15.3. The summed E-state index contributed by atoms with van der Waals surface area (Å²) in [7, 11) is 2.04. The van der Waals surface area contributed by atoms with E-state index in [2.05, 4.69) is 52.4 Å². The molecule has 0 amide bonds. The van der Waals surface area contributed by atoms with Crippen LogP contribution < -0.4 is 5.32 Å². The van der Waals surface area contributed by atoms with Crippen LogP contribution in [0.3, 0.4) is 0 Å². The van der Waals surface area contributed by atoms with E-state index in [1.165, 1.54) is 16.8 Å². The largest absolute Gasteiger partial charge is 0.311 e. The second kappa shape index (κ2) is 4.58. The number of aromatic nitrogens is 2. The maximum absolute atomic E-state index is 4.38. The molecule has 1 aromatic heterocycles. The van der Waals surface area contributed by atoms with Crippen LogP contribution in [0.5, 0.6) is 0 Å². The second-order valence-corrected chi connectivity index (χ2v) is 4.85. The molecule has 2 unspecified atom stereocenters. The van der Waals surface area contributed by atoms with Crippen molar-refractivity contribution in [1.29, 1.82) is 0 Å². The van der Waals surface area contributed by atoms with Gasteiger partial charge in [0.1, 0.15) is 0 Å². The van der Waals surface area contributed by atoms with Crippen molar-refractivity contribution in [2.24, 2.45) is 0 Å². The summed E-state index contributed by atoms with van der Waals surface area (Å²) in [6.07, 6.45) is 3.06. The number of nitrogens with zero attached hydrogens (tertiary/aromatic N) is 2. The van der Waals surface area contributed by atoms with E-state index in [1.807, 2.05) is 13.2 Å². The number of hydrogen-bond acceptors (Lipinski definition) is 2.